The molecule has 1 aliphatic heterocycles. The molecule has 2 N–H and O–H groups in total. The smallest absolute Gasteiger partial charge is 0.223 e. The summed E-state index contributed by atoms with van der Waals surface area (Å²) in [6, 6.07) is 8.48. The van der Waals surface area contributed by atoms with Crippen LogP contribution in [0, 0.1) is 17.3 Å². The zero-order valence-corrected chi connectivity index (χ0v) is 15.5. The normalized spacial score (nSPS) is 23.5. The highest BCUT2D eigenvalue weighted by molar-refractivity contribution is 9.10. The molecule has 126 valence electrons. The second kappa shape index (κ2) is 7.35. The minimum absolute atomic E-state index is 0.271. The Balaban J connectivity index is 1.47. The third kappa shape index (κ3) is 4.16. The Hall–Kier alpha value is -0.870. The Kier molecular flexibility index (Phi) is 5.42. The van der Waals surface area contributed by atoms with Gasteiger partial charge in [-0.3, -0.25) is 4.79 Å². The van der Waals surface area contributed by atoms with Crippen molar-refractivity contribution in [3.63, 3.8) is 0 Å². The predicted molar refractivity (Wildman–Crippen MR) is 97.3 cm³/mol. The summed E-state index contributed by atoms with van der Waals surface area (Å²) in [7, 11) is 0. The highest BCUT2D eigenvalue weighted by Crippen LogP contribution is 2.58. The van der Waals surface area contributed by atoms with Crippen LogP contribution >= 0.6 is 15.9 Å². The van der Waals surface area contributed by atoms with E-state index < -0.39 is 0 Å². The van der Waals surface area contributed by atoms with Gasteiger partial charge in [0.1, 0.15) is 0 Å². The molecule has 2 fully saturated rings. The van der Waals surface area contributed by atoms with E-state index in [1.807, 2.05) is 0 Å². The molecule has 1 heterocycles. The lowest BCUT2D eigenvalue weighted by Gasteiger charge is -2.23. The van der Waals surface area contributed by atoms with E-state index in [9.17, 15) is 4.79 Å². The first kappa shape index (κ1) is 17.0. The van der Waals surface area contributed by atoms with Crippen molar-refractivity contribution in [3.8, 4) is 0 Å². The van der Waals surface area contributed by atoms with E-state index in [4.69, 9.17) is 0 Å². The van der Waals surface area contributed by atoms with Crippen LogP contribution in [0.2, 0.25) is 0 Å². The van der Waals surface area contributed by atoms with Crippen LogP contribution in [-0.2, 0) is 11.2 Å². The highest BCUT2D eigenvalue weighted by Gasteiger charge is 2.57. The molecular formula is C19H27BrN2O. The maximum atomic E-state index is 12.5. The van der Waals surface area contributed by atoms with E-state index in [1.54, 1.807) is 0 Å². The largest absolute Gasteiger partial charge is 0.356 e. The van der Waals surface area contributed by atoms with Crippen LogP contribution in [0.25, 0.3) is 0 Å². The molecule has 1 aliphatic carbocycles. The number of rotatable bonds is 6. The summed E-state index contributed by atoms with van der Waals surface area (Å²) in [6.45, 7) is 5.15. The van der Waals surface area contributed by atoms with Crippen molar-refractivity contribution in [2.24, 2.45) is 17.3 Å². The molecule has 1 aromatic rings. The van der Waals surface area contributed by atoms with Crippen LogP contribution in [0.3, 0.4) is 0 Å². The second-order valence-electron chi connectivity index (χ2n) is 7.22. The summed E-state index contributed by atoms with van der Waals surface area (Å²) >= 11 is 3.53. The fourth-order valence-electron chi connectivity index (χ4n) is 3.92. The van der Waals surface area contributed by atoms with Crippen LogP contribution in [0.5, 0.6) is 0 Å². The molecule has 1 saturated heterocycles. The minimum atomic E-state index is 0.271. The Morgan fingerprint density at radius 1 is 1.43 bits per heavy atom. The molecule has 2 aliphatic rings. The van der Waals surface area contributed by atoms with Gasteiger partial charge < -0.3 is 10.6 Å². The van der Waals surface area contributed by atoms with Crippen LogP contribution < -0.4 is 10.6 Å². The molecule has 1 amide bonds. The molecule has 3 nitrogen and oxygen atoms in total. The number of piperidine rings is 1. The average molecular weight is 379 g/mol. The van der Waals surface area contributed by atoms with Crippen molar-refractivity contribution in [2.45, 2.75) is 39.0 Å². The van der Waals surface area contributed by atoms with Crippen LogP contribution in [0.15, 0.2) is 28.7 Å². The molecular weight excluding hydrogens is 352 g/mol. The van der Waals surface area contributed by atoms with Crippen molar-refractivity contribution in [3.05, 3.63) is 34.3 Å². The molecule has 1 saturated carbocycles. The third-order valence-corrected chi connectivity index (χ3v) is 6.15. The zero-order chi connectivity index (χ0) is 16.3. The Morgan fingerprint density at radius 2 is 2.22 bits per heavy atom. The fourth-order valence-corrected chi connectivity index (χ4v) is 4.37. The first-order chi connectivity index (χ1) is 11.1. The van der Waals surface area contributed by atoms with E-state index in [2.05, 4.69) is 57.8 Å². The number of nitrogens with one attached hydrogen (secondary N) is 2. The van der Waals surface area contributed by atoms with Crippen LogP contribution in [-0.4, -0.2) is 25.5 Å². The van der Waals surface area contributed by atoms with Crippen molar-refractivity contribution in [2.75, 3.05) is 19.6 Å². The maximum Gasteiger partial charge on any atom is 0.223 e. The number of halogens is 1. The summed E-state index contributed by atoms with van der Waals surface area (Å²) < 4.78 is 1.12. The van der Waals surface area contributed by atoms with Gasteiger partial charge in [0.05, 0.1) is 0 Å². The van der Waals surface area contributed by atoms with E-state index in [0.29, 0.717) is 17.2 Å². The molecule has 0 bridgehead atoms. The topological polar surface area (TPSA) is 41.1 Å². The molecule has 3 rings (SSSR count). The van der Waals surface area contributed by atoms with Crippen molar-refractivity contribution in [1.82, 2.24) is 10.6 Å². The summed E-state index contributed by atoms with van der Waals surface area (Å²) in [5.74, 6) is 1.07. The molecule has 1 aromatic carbocycles. The molecule has 23 heavy (non-hydrogen) atoms. The highest BCUT2D eigenvalue weighted by atomic mass is 79.9. The van der Waals surface area contributed by atoms with Gasteiger partial charge in [0.25, 0.3) is 0 Å². The molecule has 2 atom stereocenters. The Labute approximate surface area is 147 Å². The maximum absolute atomic E-state index is 12.5. The molecule has 4 heteroatoms. The first-order valence-electron chi connectivity index (χ1n) is 8.86. The second-order valence-corrected chi connectivity index (χ2v) is 8.14. The zero-order valence-electron chi connectivity index (χ0n) is 13.9. The number of hydrogen-bond donors (Lipinski definition) is 2. The van der Waals surface area contributed by atoms with Crippen LogP contribution in [0.4, 0.5) is 0 Å². The van der Waals surface area contributed by atoms with Gasteiger partial charge in [0.15, 0.2) is 0 Å². The molecule has 1 spiro atoms. The standard InChI is InChI=1S/C19H27BrN2O/c1-2-14(10-15-4-3-5-16(20)11-15)13-22-18(23)17-12-19(17)6-8-21-9-7-19/h3-5,11,14,17,21H,2,6-10,12-13H2,1H3,(H,22,23). The molecule has 0 radical (unpaired) electrons. The number of hydrogen-bond acceptors (Lipinski definition) is 2. The number of carbonyl (C=O) groups excluding carboxylic acids is 1. The van der Waals surface area contributed by atoms with Gasteiger partial charge in [-0.15, -0.1) is 0 Å². The van der Waals surface area contributed by atoms with Gasteiger partial charge in [-0.25, -0.2) is 0 Å². The molecule has 0 aromatic heterocycles. The van der Waals surface area contributed by atoms with Gasteiger partial charge in [-0.05, 0) is 67.8 Å². The quantitative estimate of drug-likeness (QED) is 0.794. The van der Waals surface area contributed by atoms with Gasteiger partial charge in [-0.1, -0.05) is 41.4 Å². The first-order valence-corrected chi connectivity index (χ1v) is 9.65. The number of amides is 1. The van der Waals surface area contributed by atoms with E-state index in [1.165, 1.54) is 18.4 Å². The van der Waals surface area contributed by atoms with Crippen LogP contribution in [0.1, 0.15) is 38.2 Å². The monoisotopic (exact) mass is 378 g/mol. The third-order valence-electron chi connectivity index (χ3n) is 5.66. The van der Waals surface area contributed by atoms with Gasteiger partial charge in [0, 0.05) is 16.9 Å². The Morgan fingerprint density at radius 3 is 2.91 bits per heavy atom. The lowest BCUT2D eigenvalue weighted by Crippen LogP contribution is -2.35. The lowest BCUT2D eigenvalue weighted by atomic mass is 9.91. The average Bonchev–Trinajstić information content (AvgIpc) is 3.25. The minimum Gasteiger partial charge on any atom is -0.356 e. The van der Waals surface area contributed by atoms with Crippen molar-refractivity contribution >= 4 is 21.8 Å². The SMILES string of the molecule is CCC(CNC(=O)C1CC12CCNCC2)Cc1cccc(Br)c1. The number of carbonyl (C=O) groups is 1. The van der Waals surface area contributed by atoms with Crippen molar-refractivity contribution in [1.29, 1.82) is 0 Å². The fraction of sp³-hybridized carbons (Fsp3) is 0.632. The summed E-state index contributed by atoms with van der Waals surface area (Å²) in [5.41, 5.74) is 1.67. The summed E-state index contributed by atoms with van der Waals surface area (Å²) in [4.78, 5) is 12.5. The van der Waals surface area contributed by atoms with Gasteiger partial charge >= 0.3 is 0 Å². The van der Waals surface area contributed by atoms with Gasteiger partial charge in [-0.2, -0.15) is 0 Å². The van der Waals surface area contributed by atoms with E-state index >= 15 is 0 Å². The predicted octanol–water partition coefficient (Wildman–Crippen LogP) is 3.52. The summed E-state index contributed by atoms with van der Waals surface area (Å²) in [5, 5.41) is 6.63. The molecule has 2 unspecified atom stereocenters. The lowest BCUT2D eigenvalue weighted by molar-refractivity contribution is -0.123. The summed E-state index contributed by atoms with van der Waals surface area (Å²) in [6.07, 6.45) is 5.55. The van der Waals surface area contributed by atoms with Gasteiger partial charge in [0.2, 0.25) is 5.91 Å². The Bertz CT molecular complexity index is 554. The van der Waals surface area contributed by atoms with E-state index in [-0.39, 0.29) is 5.92 Å². The van der Waals surface area contributed by atoms with Crippen molar-refractivity contribution < 1.29 is 4.79 Å². The van der Waals surface area contributed by atoms with E-state index in [0.717, 1.165) is 43.4 Å². The number of benzene rings is 1.